The molecule has 1 aliphatic rings. The van der Waals surface area contributed by atoms with Gasteiger partial charge in [-0.05, 0) is 19.3 Å². The van der Waals surface area contributed by atoms with Gasteiger partial charge in [-0.15, -0.1) is 0 Å². The number of esters is 1. The van der Waals surface area contributed by atoms with Gasteiger partial charge >= 0.3 is 5.97 Å². The molecule has 0 spiro atoms. The first-order chi connectivity index (χ1) is 10.2. The van der Waals surface area contributed by atoms with E-state index in [2.05, 4.69) is 27.1 Å². The number of ether oxygens (including phenoxy) is 1. The molecule has 7 nitrogen and oxygen atoms in total. The Labute approximate surface area is 124 Å². The van der Waals surface area contributed by atoms with Crippen LogP contribution in [0.1, 0.15) is 26.2 Å². The molecular formula is C14H23N5O2. The molecule has 0 aromatic carbocycles. The van der Waals surface area contributed by atoms with Gasteiger partial charge in [0.2, 0.25) is 0 Å². The molecule has 21 heavy (non-hydrogen) atoms. The van der Waals surface area contributed by atoms with Gasteiger partial charge in [0.15, 0.2) is 11.6 Å². The summed E-state index contributed by atoms with van der Waals surface area (Å²) in [6, 6.07) is 0. The third kappa shape index (κ3) is 3.53. The van der Waals surface area contributed by atoms with Crippen molar-refractivity contribution in [3.8, 4) is 0 Å². The Morgan fingerprint density at radius 1 is 1.48 bits per heavy atom. The number of hydrogen-bond donors (Lipinski definition) is 2. The minimum atomic E-state index is -0.129. The fraction of sp³-hybridized carbons (Fsp3) is 0.643. The maximum Gasteiger partial charge on any atom is 0.308 e. The van der Waals surface area contributed by atoms with Crippen molar-refractivity contribution in [2.45, 2.75) is 26.2 Å². The number of hydrogen-bond acceptors (Lipinski definition) is 7. The highest BCUT2D eigenvalue weighted by atomic mass is 16.5. The summed E-state index contributed by atoms with van der Waals surface area (Å²) in [6.45, 7) is 4.40. The number of carbonyl (C=O) groups is 1. The van der Waals surface area contributed by atoms with Crippen molar-refractivity contribution >= 4 is 23.3 Å². The maximum atomic E-state index is 11.5. The smallest absolute Gasteiger partial charge is 0.308 e. The van der Waals surface area contributed by atoms with Crippen molar-refractivity contribution in [1.29, 1.82) is 0 Å². The first-order valence-electron chi connectivity index (χ1n) is 7.34. The average Bonchev–Trinajstić information content (AvgIpc) is 2.53. The van der Waals surface area contributed by atoms with Crippen molar-refractivity contribution in [3.05, 3.63) is 6.33 Å². The highest BCUT2D eigenvalue weighted by Gasteiger charge is 2.27. The lowest BCUT2D eigenvalue weighted by Gasteiger charge is -2.32. The number of nitrogen functional groups attached to an aromatic ring is 1. The molecular weight excluding hydrogens is 270 g/mol. The van der Waals surface area contributed by atoms with Crippen LogP contribution in [-0.4, -0.2) is 42.7 Å². The third-order valence-electron chi connectivity index (χ3n) is 3.73. The summed E-state index contributed by atoms with van der Waals surface area (Å²) in [5, 5.41) is 3.20. The van der Waals surface area contributed by atoms with E-state index < -0.39 is 0 Å². The van der Waals surface area contributed by atoms with E-state index >= 15 is 0 Å². The Bertz CT molecular complexity index is 486. The largest absolute Gasteiger partial charge is 0.469 e. The number of piperidine rings is 1. The van der Waals surface area contributed by atoms with Crippen LogP contribution in [0.2, 0.25) is 0 Å². The molecule has 0 bridgehead atoms. The topological polar surface area (TPSA) is 93.4 Å². The van der Waals surface area contributed by atoms with Crippen molar-refractivity contribution in [1.82, 2.24) is 9.97 Å². The van der Waals surface area contributed by atoms with Gasteiger partial charge in [0.05, 0.1) is 13.0 Å². The van der Waals surface area contributed by atoms with E-state index in [9.17, 15) is 4.79 Å². The highest BCUT2D eigenvalue weighted by Crippen LogP contribution is 2.29. The van der Waals surface area contributed by atoms with Gasteiger partial charge in [0, 0.05) is 19.6 Å². The number of rotatable bonds is 5. The Morgan fingerprint density at radius 2 is 2.19 bits per heavy atom. The first-order valence-corrected chi connectivity index (χ1v) is 7.34. The van der Waals surface area contributed by atoms with Gasteiger partial charge in [-0.3, -0.25) is 4.79 Å². The minimum absolute atomic E-state index is 0.0213. The predicted octanol–water partition coefficient (Wildman–Crippen LogP) is 1.27. The van der Waals surface area contributed by atoms with Crippen LogP contribution in [0.25, 0.3) is 0 Å². The zero-order chi connectivity index (χ0) is 15.2. The molecule has 2 heterocycles. The van der Waals surface area contributed by atoms with Gasteiger partial charge in [0.25, 0.3) is 0 Å². The van der Waals surface area contributed by atoms with Gasteiger partial charge < -0.3 is 20.7 Å². The summed E-state index contributed by atoms with van der Waals surface area (Å²) in [5.41, 5.74) is 6.73. The van der Waals surface area contributed by atoms with Gasteiger partial charge in [0.1, 0.15) is 12.0 Å². The number of carbonyl (C=O) groups excluding carboxylic acids is 1. The molecule has 1 fully saturated rings. The first kappa shape index (κ1) is 15.3. The van der Waals surface area contributed by atoms with Crippen LogP contribution in [-0.2, 0) is 9.53 Å². The molecule has 2 rings (SSSR count). The summed E-state index contributed by atoms with van der Waals surface area (Å²) in [4.78, 5) is 22.1. The van der Waals surface area contributed by atoms with E-state index in [1.807, 2.05) is 0 Å². The molecule has 0 saturated carbocycles. The van der Waals surface area contributed by atoms with Crippen molar-refractivity contribution in [2.24, 2.45) is 5.92 Å². The second-order valence-electron chi connectivity index (χ2n) is 5.17. The molecule has 0 radical (unpaired) electrons. The van der Waals surface area contributed by atoms with Gasteiger partial charge in [-0.2, -0.15) is 0 Å². The number of nitrogens with two attached hydrogens (primary N) is 1. The van der Waals surface area contributed by atoms with E-state index in [-0.39, 0.29) is 11.9 Å². The molecule has 0 unspecified atom stereocenters. The van der Waals surface area contributed by atoms with Crippen molar-refractivity contribution < 1.29 is 9.53 Å². The summed E-state index contributed by atoms with van der Waals surface area (Å²) in [7, 11) is 1.43. The fourth-order valence-corrected chi connectivity index (χ4v) is 2.52. The zero-order valence-corrected chi connectivity index (χ0v) is 12.6. The highest BCUT2D eigenvalue weighted by molar-refractivity contribution is 5.76. The fourth-order valence-electron chi connectivity index (χ4n) is 2.52. The molecule has 0 atom stereocenters. The van der Waals surface area contributed by atoms with E-state index in [0.29, 0.717) is 11.5 Å². The van der Waals surface area contributed by atoms with E-state index in [0.717, 1.165) is 44.7 Å². The predicted molar refractivity (Wildman–Crippen MR) is 82.2 cm³/mol. The van der Waals surface area contributed by atoms with Crippen LogP contribution in [0.3, 0.4) is 0 Å². The lowest BCUT2D eigenvalue weighted by Crippen LogP contribution is -2.37. The molecule has 0 aliphatic carbocycles. The summed E-state index contributed by atoms with van der Waals surface area (Å²) in [6.07, 6.45) is 4.04. The van der Waals surface area contributed by atoms with E-state index in [4.69, 9.17) is 10.5 Å². The molecule has 1 saturated heterocycles. The zero-order valence-electron chi connectivity index (χ0n) is 12.6. The average molecular weight is 293 g/mol. The van der Waals surface area contributed by atoms with E-state index in [1.165, 1.54) is 13.4 Å². The van der Waals surface area contributed by atoms with Gasteiger partial charge in [-0.25, -0.2) is 9.97 Å². The Morgan fingerprint density at radius 3 is 2.81 bits per heavy atom. The number of aromatic nitrogens is 2. The monoisotopic (exact) mass is 293 g/mol. The minimum Gasteiger partial charge on any atom is -0.469 e. The molecule has 0 amide bonds. The van der Waals surface area contributed by atoms with Gasteiger partial charge in [-0.1, -0.05) is 6.92 Å². The second kappa shape index (κ2) is 7.10. The van der Waals surface area contributed by atoms with Crippen molar-refractivity contribution in [2.75, 3.05) is 42.7 Å². The number of nitrogens with zero attached hydrogens (tertiary/aromatic N) is 3. The lowest BCUT2D eigenvalue weighted by molar-refractivity contribution is -0.146. The third-order valence-corrected chi connectivity index (χ3v) is 3.73. The molecule has 3 N–H and O–H groups in total. The summed E-state index contributed by atoms with van der Waals surface area (Å²) >= 11 is 0. The van der Waals surface area contributed by atoms with Crippen LogP contribution < -0.4 is 16.0 Å². The maximum absolute atomic E-state index is 11.5. The Kier molecular flexibility index (Phi) is 5.19. The molecule has 116 valence electrons. The lowest BCUT2D eigenvalue weighted by atomic mass is 9.97. The Balaban J connectivity index is 2.04. The Hall–Kier alpha value is -2.05. The standard InChI is InChI=1S/C14H23N5O2/c1-3-6-16-12-11(15)13(18-9-17-12)19-7-4-10(5-8-19)14(20)21-2/h9-10H,3-8,15H2,1-2H3,(H,16,17,18). The summed E-state index contributed by atoms with van der Waals surface area (Å²) in [5.74, 6) is 1.27. The number of anilines is 3. The van der Waals surface area contributed by atoms with Crippen molar-refractivity contribution in [3.63, 3.8) is 0 Å². The summed E-state index contributed by atoms with van der Waals surface area (Å²) < 4.78 is 4.80. The van der Waals surface area contributed by atoms with Crippen LogP contribution >= 0.6 is 0 Å². The number of nitrogens with one attached hydrogen (secondary N) is 1. The number of methoxy groups -OCH3 is 1. The molecule has 1 aromatic rings. The van der Waals surface area contributed by atoms with Crippen LogP contribution in [0.5, 0.6) is 0 Å². The van der Waals surface area contributed by atoms with E-state index in [1.54, 1.807) is 0 Å². The molecule has 1 aromatic heterocycles. The molecule has 1 aliphatic heterocycles. The van der Waals surface area contributed by atoms with Crippen LogP contribution in [0, 0.1) is 5.92 Å². The van der Waals surface area contributed by atoms with Crippen LogP contribution in [0.4, 0.5) is 17.3 Å². The SMILES string of the molecule is CCCNc1ncnc(N2CCC(C(=O)OC)CC2)c1N. The molecule has 7 heteroatoms. The quantitative estimate of drug-likeness (QED) is 0.789. The second-order valence-corrected chi connectivity index (χ2v) is 5.17. The normalized spacial score (nSPS) is 15.8. The van der Waals surface area contributed by atoms with Crippen LogP contribution in [0.15, 0.2) is 6.33 Å².